The molecule has 0 unspecified atom stereocenters. The number of para-hydroxylation sites is 2. The molecule has 188 valence electrons. The van der Waals surface area contributed by atoms with Gasteiger partial charge in [0.1, 0.15) is 11.5 Å². The Labute approximate surface area is 228 Å². The number of hydrogen-bond acceptors (Lipinski definition) is 3. The highest BCUT2D eigenvalue weighted by Crippen LogP contribution is 2.44. The lowest BCUT2D eigenvalue weighted by Gasteiger charge is -2.28. The van der Waals surface area contributed by atoms with Crippen molar-refractivity contribution in [2.45, 2.75) is 25.9 Å². The Balaban J connectivity index is 1.42. The van der Waals surface area contributed by atoms with Gasteiger partial charge in [0.05, 0.1) is 17.8 Å². The van der Waals surface area contributed by atoms with Crippen molar-refractivity contribution < 1.29 is 4.74 Å². The van der Waals surface area contributed by atoms with E-state index in [2.05, 4.69) is 77.2 Å². The number of ether oxygens (including phenoxy) is 1. The number of anilines is 1. The molecule has 2 aromatic heterocycles. The number of aryl methyl sites for hydroxylation is 1. The van der Waals surface area contributed by atoms with E-state index in [1.807, 2.05) is 66.9 Å². The number of nitrogens with zero attached hydrogens (tertiary/aromatic N) is 3. The topological polar surface area (TPSA) is 42.3 Å². The summed E-state index contributed by atoms with van der Waals surface area (Å²) >= 11 is 5.94. The van der Waals surface area contributed by atoms with Crippen molar-refractivity contribution in [2.75, 3.05) is 4.90 Å². The predicted molar refractivity (Wildman–Crippen MR) is 156 cm³/mol. The van der Waals surface area contributed by atoms with Crippen LogP contribution in [-0.2, 0) is 0 Å². The van der Waals surface area contributed by atoms with Gasteiger partial charge in [-0.1, -0.05) is 42.5 Å². The largest absolute Gasteiger partial charge is 0.457 e. The molecule has 3 heterocycles. The van der Waals surface area contributed by atoms with Crippen molar-refractivity contribution in [2.24, 2.45) is 0 Å². The second-order valence-electron chi connectivity index (χ2n) is 9.40. The lowest BCUT2D eigenvalue weighted by Crippen LogP contribution is -2.29. The summed E-state index contributed by atoms with van der Waals surface area (Å²) in [5.74, 6) is 1.58. The normalized spacial score (nSPS) is 16.9. The van der Waals surface area contributed by atoms with Crippen LogP contribution in [0.3, 0.4) is 0 Å². The molecule has 0 radical (unpaired) electrons. The van der Waals surface area contributed by atoms with E-state index >= 15 is 0 Å². The quantitative estimate of drug-likeness (QED) is 0.237. The minimum atomic E-state index is -0.103. The highest BCUT2D eigenvalue weighted by molar-refractivity contribution is 7.80. The summed E-state index contributed by atoms with van der Waals surface area (Å²) in [7, 11) is 0. The van der Waals surface area contributed by atoms with Crippen LogP contribution in [0.1, 0.15) is 34.7 Å². The van der Waals surface area contributed by atoms with Crippen LogP contribution >= 0.6 is 12.2 Å². The van der Waals surface area contributed by atoms with Crippen molar-refractivity contribution in [1.29, 1.82) is 0 Å². The van der Waals surface area contributed by atoms with Crippen LogP contribution in [0.2, 0.25) is 0 Å². The first-order valence-electron chi connectivity index (χ1n) is 12.7. The molecule has 1 saturated heterocycles. The molecule has 0 saturated carbocycles. The van der Waals surface area contributed by atoms with E-state index in [4.69, 9.17) is 21.9 Å². The first-order chi connectivity index (χ1) is 18.6. The monoisotopic (exact) mass is 516 g/mol. The van der Waals surface area contributed by atoms with Crippen molar-refractivity contribution in [3.8, 4) is 17.2 Å². The zero-order chi connectivity index (χ0) is 26.1. The Morgan fingerprint density at radius 1 is 0.763 bits per heavy atom. The van der Waals surface area contributed by atoms with E-state index in [9.17, 15) is 0 Å². The summed E-state index contributed by atoms with van der Waals surface area (Å²) in [4.78, 5) is 6.91. The van der Waals surface area contributed by atoms with Crippen molar-refractivity contribution in [3.63, 3.8) is 0 Å². The molecular formula is C32H28N4OS. The average molecular weight is 517 g/mol. The average Bonchev–Trinajstić information content (AvgIpc) is 3.45. The summed E-state index contributed by atoms with van der Waals surface area (Å²) in [6.07, 6.45) is 1.84. The number of thiocarbonyl (C=S) groups is 1. The molecular weight excluding hydrogens is 488 g/mol. The van der Waals surface area contributed by atoms with Gasteiger partial charge in [0.2, 0.25) is 0 Å². The number of pyridine rings is 1. The van der Waals surface area contributed by atoms with Gasteiger partial charge in [-0.2, -0.15) is 0 Å². The second kappa shape index (κ2) is 10.1. The fraction of sp³-hybridized carbons (Fsp3) is 0.125. The van der Waals surface area contributed by atoms with Gasteiger partial charge in [-0.15, -0.1) is 0 Å². The lowest BCUT2D eigenvalue weighted by molar-refractivity contribution is 0.482. The molecule has 1 aliphatic rings. The van der Waals surface area contributed by atoms with Crippen molar-refractivity contribution in [3.05, 3.63) is 138 Å². The third kappa shape index (κ3) is 4.44. The first-order valence-corrected chi connectivity index (χ1v) is 13.1. The summed E-state index contributed by atoms with van der Waals surface area (Å²) in [6, 6.07) is 36.5. The van der Waals surface area contributed by atoms with E-state index in [-0.39, 0.29) is 12.1 Å². The zero-order valence-electron chi connectivity index (χ0n) is 21.3. The molecule has 3 aromatic carbocycles. The Kier molecular flexibility index (Phi) is 6.40. The minimum Gasteiger partial charge on any atom is -0.457 e. The van der Waals surface area contributed by atoms with Gasteiger partial charge in [0, 0.05) is 29.0 Å². The number of benzene rings is 3. The molecule has 6 rings (SSSR count). The van der Waals surface area contributed by atoms with E-state index in [0.717, 1.165) is 28.6 Å². The summed E-state index contributed by atoms with van der Waals surface area (Å²) in [6.45, 7) is 4.33. The number of aromatic nitrogens is 2. The molecule has 0 spiro atoms. The van der Waals surface area contributed by atoms with Gasteiger partial charge in [0.25, 0.3) is 0 Å². The Bertz CT molecular complexity index is 1550. The molecule has 1 aliphatic heterocycles. The van der Waals surface area contributed by atoms with Crippen LogP contribution in [0.4, 0.5) is 5.69 Å². The van der Waals surface area contributed by atoms with E-state index in [1.165, 1.54) is 17.0 Å². The third-order valence-electron chi connectivity index (χ3n) is 7.00. The summed E-state index contributed by atoms with van der Waals surface area (Å²) in [5, 5.41) is 4.24. The maximum atomic E-state index is 6.03. The fourth-order valence-corrected chi connectivity index (χ4v) is 5.66. The molecule has 5 aromatic rings. The fourth-order valence-electron chi connectivity index (χ4n) is 5.31. The minimum absolute atomic E-state index is 0.0815. The number of rotatable bonds is 6. The van der Waals surface area contributed by atoms with Gasteiger partial charge >= 0.3 is 0 Å². The molecule has 1 N–H and O–H groups in total. The van der Waals surface area contributed by atoms with Crippen molar-refractivity contribution in [1.82, 2.24) is 14.9 Å². The highest BCUT2D eigenvalue weighted by atomic mass is 32.1. The SMILES string of the molecule is Cc1cc([C@@H]2[C@@H](c3ccccn3)NC(=S)N2c2ccc(Oc3ccccc3)cc2)c(C)n1-c1ccccc1. The summed E-state index contributed by atoms with van der Waals surface area (Å²) in [5.41, 5.74) is 6.66. The number of hydrogen-bond donors (Lipinski definition) is 1. The van der Waals surface area contributed by atoms with E-state index in [1.54, 1.807) is 0 Å². The molecule has 0 bridgehead atoms. The van der Waals surface area contributed by atoms with Gasteiger partial charge in [-0.05, 0) is 98.4 Å². The molecule has 0 aliphatic carbocycles. The predicted octanol–water partition coefficient (Wildman–Crippen LogP) is 7.46. The van der Waals surface area contributed by atoms with Crippen molar-refractivity contribution >= 4 is 23.0 Å². The highest BCUT2D eigenvalue weighted by Gasteiger charge is 2.42. The van der Waals surface area contributed by atoms with Gasteiger partial charge < -0.3 is 19.5 Å². The van der Waals surface area contributed by atoms with Crippen LogP contribution in [0.25, 0.3) is 5.69 Å². The second-order valence-corrected chi connectivity index (χ2v) is 9.79. The lowest BCUT2D eigenvalue weighted by atomic mass is 9.96. The third-order valence-corrected chi connectivity index (χ3v) is 7.31. The molecule has 38 heavy (non-hydrogen) atoms. The first kappa shape index (κ1) is 23.9. The van der Waals surface area contributed by atoms with Crippen LogP contribution in [0.15, 0.2) is 115 Å². The molecule has 1 fully saturated rings. The molecule has 6 heteroatoms. The summed E-state index contributed by atoms with van der Waals surface area (Å²) < 4.78 is 8.34. The van der Waals surface area contributed by atoms with Crippen LogP contribution in [0, 0.1) is 13.8 Å². The van der Waals surface area contributed by atoms with Crippen LogP contribution in [-0.4, -0.2) is 14.7 Å². The molecule has 0 amide bonds. The zero-order valence-corrected chi connectivity index (χ0v) is 22.1. The van der Waals surface area contributed by atoms with E-state index < -0.39 is 0 Å². The number of nitrogens with one attached hydrogen (secondary N) is 1. The Morgan fingerprint density at radius 3 is 2.11 bits per heavy atom. The maximum Gasteiger partial charge on any atom is 0.174 e. The van der Waals surface area contributed by atoms with Crippen LogP contribution < -0.4 is 15.0 Å². The van der Waals surface area contributed by atoms with Crippen LogP contribution in [0.5, 0.6) is 11.5 Å². The van der Waals surface area contributed by atoms with Gasteiger partial charge in [-0.3, -0.25) is 4.98 Å². The standard InChI is InChI=1S/C32H28N4OS/c1-22-21-28(23(2)35(22)24-11-5-3-6-12-24)31-30(29-15-9-10-20-33-29)34-32(38)36(31)25-16-18-27(19-17-25)37-26-13-7-4-8-14-26/h3-21,30-31H,1-2H3,(H,34,38)/t30-,31-/m1/s1. The Hall–Kier alpha value is -4.42. The molecule has 2 atom stereocenters. The van der Waals surface area contributed by atoms with Gasteiger partial charge in [-0.25, -0.2) is 0 Å². The van der Waals surface area contributed by atoms with E-state index in [0.29, 0.717) is 5.11 Å². The Morgan fingerprint density at radius 2 is 1.42 bits per heavy atom. The maximum absolute atomic E-state index is 6.03. The van der Waals surface area contributed by atoms with Gasteiger partial charge in [0.15, 0.2) is 5.11 Å². The smallest absolute Gasteiger partial charge is 0.174 e. The molecule has 5 nitrogen and oxygen atoms in total.